The van der Waals surface area contributed by atoms with Crippen LogP contribution in [0.5, 0.6) is 5.88 Å². The third kappa shape index (κ3) is 6.43. The van der Waals surface area contributed by atoms with Crippen molar-refractivity contribution in [1.29, 1.82) is 5.26 Å². The first-order valence-corrected chi connectivity index (χ1v) is 3.83. The van der Waals surface area contributed by atoms with Gasteiger partial charge in [-0.15, -0.1) is 0 Å². The van der Waals surface area contributed by atoms with Gasteiger partial charge in [0.1, 0.15) is 0 Å². The van der Waals surface area contributed by atoms with Gasteiger partial charge in [0, 0.05) is 25.2 Å². The van der Waals surface area contributed by atoms with E-state index in [1.54, 1.807) is 30.7 Å². The van der Waals surface area contributed by atoms with Gasteiger partial charge in [-0.2, -0.15) is 0 Å². The van der Waals surface area contributed by atoms with E-state index in [1.807, 2.05) is 18.2 Å². The Bertz CT molecular complexity index is 289. The molecule has 0 fully saturated rings. The molecule has 14 heavy (non-hydrogen) atoms. The zero-order valence-corrected chi connectivity index (χ0v) is 7.54. The number of hydrogen-bond donors (Lipinski definition) is 2. The number of nitrogens with one attached hydrogen (secondary N) is 1. The second kappa shape index (κ2) is 8.81. The maximum absolute atomic E-state index is 8.42. The lowest BCUT2D eigenvalue weighted by atomic mass is 10.5. The molecule has 0 radical (unpaired) electrons. The van der Waals surface area contributed by atoms with E-state index in [2.05, 4.69) is 16.5 Å². The molecule has 2 aromatic heterocycles. The van der Waals surface area contributed by atoms with Gasteiger partial charge in [0.25, 0.3) is 0 Å². The summed E-state index contributed by atoms with van der Waals surface area (Å²) in [5.41, 5.74) is 0. The SMILES string of the molecule is C#N.Oc1ccc[nH]1.c1ccncc1. The third-order valence-electron chi connectivity index (χ3n) is 1.15. The molecule has 0 aliphatic carbocycles. The van der Waals surface area contributed by atoms with Crippen molar-refractivity contribution in [2.75, 3.05) is 0 Å². The molecule has 0 atom stereocenters. The first-order chi connectivity index (χ1) is 6.89. The Balaban J connectivity index is 0.000000206. The summed E-state index contributed by atoms with van der Waals surface area (Å²) < 4.78 is 0. The Morgan fingerprint density at radius 2 is 1.79 bits per heavy atom. The van der Waals surface area contributed by atoms with E-state index in [4.69, 9.17) is 10.4 Å². The lowest BCUT2D eigenvalue weighted by Crippen LogP contribution is -1.58. The largest absolute Gasteiger partial charge is 0.495 e. The number of pyridine rings is 1. The fourth-order valence-electron chi connectivity index (χ4n) is 0.633. The summed E-state index contributed by atoms with van der Waals surface area (Å²) in [5, 5.41) is 14.9. The molecule has 0 aliphatic heterocycles. The first-order valence-electron chi connectivity index (χ1n) is 3.83. The number of nitriles is 1. The molecule has 0 spiro atoms. The van der Waals surface area contributed by atoms with Crippen molar-refractivity contribution in [1.82, 2.24) is 9.97 Å². The van der Waals surface area contributed by atoms with Crippen LogP contribution in [0.3, 0.4) is 0 Å². The topological polar surface area (TPSA) is 72.7 Å². The Hall–Kier alpha value is -2.28. The average molecular weight is 189 g/mol. The molecule has 4 heteroatoms. The van der Waals surface area contributed by atoms with Gasteiger partial charge >= 0.3 is 0 Å². The molecule has 2 rings (SSSR count). The minimum absolute atomic E-state index is 0.218. The van der Waals surface area contributed by atoms with Gasteiger partial charge < -0.3 is 10.1 Å². The normalized spacial score (nSPS) is 7.29. The van der Waals surface area contributed by atoms with Gasteiger partial charge in [-0.25, -0.2) is 5.26 Å². The maximum atomic E-state index is 8.42. The van der Waals surface area contributed by atoms with Crippen LogP contribution >= 0.6 is 0 Å². The summed E-state index contributed by atoms with van der Waals surface area (Å²) in [6.45, 7) is 3.50. The molecular weight excluding hydrogens is 178 g/mol. The van der Waals surface area contributed by atoms with Crippen molar-refractivity contribution < 1.29 is 5.11 Å². The third-order valence-corrected chi connectivity index (χ3v) is 1.15. The fraction of sp³-hybridized carbons (Fsp3) is 0. The van der Waals surface area contributed by atoms with Crippen LogP contribution < -0.4 is 0 Å². The molecule has 72 valence electrons. The van der Waals surface area contributed by atoms with Crippen molar-refractivity contribution in [2.45, 2.75) is 0 Å². The van der Waals surface area contributed by atoms with E-state index >= 15 is 0 Å². The number of aromatic nitrogens is 2. The summed E-state index contributed by atoms with van der Waals surface area (Å²) in [6, 6.07) is 9.03. The monoisotopic (exact) mass is 189 g/mol. The molecular formula is C10H11N3O. The molecule has 0 unspecified atom stereocenters. The Morgan fingerprint density at radius 1 is 1.14 bits per heavy atom. The molecule has 0 saturated heterocycles. The minimum Gasteiger partial charge on any atom is -0.495 e. The summed E-state index contributed by atoms with van der Waals surface area (Å²) in [6.07, 6.45) is 5.16. The van der Waals surface area contributed by atoms with Crippen molar-refractivity contribution >= 4 is 0 Å². The van der Waals surface area contributed by atoms with Crippen LogP contribution in [0.4, 0.5) is 0 Å². The van der Waals surface area contributed by atoms with Crippen LogP contribution in [0.15, 0.2) is 48.9 Å². The quantitative estimate of drug-likeness (QED) is 0.665. The van der Waals surface area contributed by atoms with Crippen molar-refractivity contribution in [3.05, 3.63) is 48.9 Å². The van der Waals surface area contributed by atoms with Gasteiger partial charge in [0.15, 0.2) is 5.88 Å². The van der Waals surface area contributed by atoms with Crippen molar-refractivity contribution in [3.63, 3.8) is 0 Å². The summed E-state index contributed by atoms with van der Waals surface area (Å²) in [5.74, 6) is 0.218. The number of aromatic hydroxyl groups is 1. The highest BCUT2D eigenvalue weighted by atomic mass is 16.3. The van der Waals surface area contributed by atoms with E-state index in [-0.39, 0.29) is 5.88 Å². The number of aromatic amines is 1. The Labute approximate surface area is 82.5 Å². The Morgan fingerprint density at radius 3 is 1.93 bits per heavy atom. The van der Waals surface area contributed by atoms with Crippen LogP contribution in [-0.4, -0.2) is 15.1 Å². The highest BCUT2D eigenvalue weighted by Gasteiger charge is 1.75. The molecule has 0 bridgehead atoms. The minimum atomic E-state index is 0.218. The van der Waals surface area contributed by atoms with Crippen LogP contribution in [-0.2, 0) is 0 Å². The van der Waals surface area contributed by atoms with E-state index in [1.165, 1.54) is 0 Å². The van der Waals surface area contributed by atoms with Crippen molar-refractivity contribution in [3.8, 4) is 12.5 Å². The molecule has 2 N–H and O–H groups in total. The molecule has 2 aromatic rings. The molecule has 2 heterocycles. The zero-order valence-electron chi connectivity index (χ0n) is 7.54. The smallest absolute Gasteiger partial charge is 0.188 e. The number of hydrogen-bond acceptors (Lipinski definition) is 3. The highest BCUT2D eigenvalue weighted by molar-refractivity contribution is 5.06. The molecule has 0 saturated carbocycles. The van der Waals surface area contributed by atoms with Gasteiger partial charge in [-0.3, -0.25) is 4.98 Å². The van der Waals surface area contributed by atoms with Gasteiger partial charge in [0.05, 0.1) is 0 Å². The fourth-order valence-corrected chi connectivity index (χ4v) is 0.633. The maximum Gasteiger partial charge on any atom is 0.188 e. The molecule has 4 nitrogen and oxygen atoms in total. The standard InChI is InChI=1S/C5H5N.C4H5NO.CHN/c1-2-4-6-5-3-1;6-4-2-1-3-5-4;1-2/h1-5H;1-3,5-6H;1H. The predicted molar refractivity (Wildman–Crippen MR) is 53.4 cm³/mol. The summed E-state index contributed by atoms with van der Waals surface area (Å²) in [7, 11) is 0. The van der Waals surface area contributed by atoms with Crippen LogP contribution in [0.1, 0.15) is 0 Å². The zero-order chi connectivity index (χ0) is 10.6. The number of nitrogens with zero attached hydrogens (tertiary/aromatic N) is 2. The van der Waals surface area contributed by atoms with Crippen LogP contribution in [0.25, 0.3) is 0 Å². The summed E-state index contributed by atoms with van der Waals surface area (Å²) in [4.78, 5) is 6.34. The number of rotatable bonds is 0. The lowest BCUT2D eigenvalue weighted by molar-refractivity contribution is 0.457. The molecule has 0 aromatic carbocycles. The van der Waals surface area contributed by atoms with Gasteiger partial charge in [0.2, 0.25) is 0 Å². The van der Waals surface area contributed by atoms with Gasteiger partial charge in [-0.1, -0.05) is 6.07 Å². The lowest BCUT2D eigenvalue weighted by Gasteiger charge is -1.71. The second-order valence-corrected chi connectivity index (χ2v) is 2.08. The summed E-state index contributed by atoms with van der Waals surface area (Å²) >= 11 is 0. The van der Waals surface area contributed by atoms with Crippen LogP contribution in [0, 0.1) is 11.8 Å². The van der Waals surface area contributed by atoms with Gasteiger partial charge in [-0.05, 0) is 24.3 Å². The van der Waals surface area contributed by atoms with E-state index in [0.29, 0.717) is 0 Å². The highest BCUT2D eigenvalue weighted by Crippen LogP contribution is 1.97. The van der Waals surface area contributed by atoms with E-state index in [9.17, 15) is 0 Å². The number of H-pyrrole nitrogens is 1. The first kappa shape index (κ1) is 11.7. The van der Waals surface area contributed by atoms with Crippen molar-refractivity contribution in [2.24, 2.45) is 0 Å². The second-order valence-electron chi connectivity index (χ2n) is 2.08. The average Bonchev–Trinajstić information content (AvgIpc) is 2.76. The van der Waals surface area contributed by atoms with Crippen LogP contribution in [0.2, 0.25) is 0 Å². The van der Waals surface area contributed by atoms with E-state index < -0.39 is 0 Å². The molecule has 0 amide bonds. The predicted octanol–water partition coefficient (Wildman–Crippen LogP) is 1.94. The Kier molecular flexibility index (Phi) is 7.38. The van der Waals surface area contributed by atoms with E-state index in [0.717, 1.165) is 0 Å². The molecule has 0 aliphatic rings.